The van der Waals surface area contributed by atoms with Crippen molar-refractivity contribution < 1.29 is 4.79 Å². The minimum Gasteiger partial charge on any atom is -0.397 e. The minimum absolute atomic E-state index is 0.00234. The number of nitrogens with zero attached hydrogens (tertiary/aromatic N) is 2. The van der Waals surface area contributed by atoms with Gasteiger partial charge in [-0.2, -0.15) is 0 Å². The average Bonchev–Trinajstić information content (AvgIpc) is 2.95. The second-order valence-corrected chi connectivity index (χ2v) is 7.06. The minimum atomic E-state index is -0.00234. The van der Waals surface area contributed by atoms with E-state index in [0.29, 0.717) is 17.9 Å². The molecule has 0 aliphatic heterocycles. The standard InChI is InChI=1S/C14H18BrN3OS/c1-3-4-18-8-11(16)6-12(18)14(19)17(2)7-10-5-13(15)20-9-10/h5-6,8-9H,3-4,7,16H2,1-2H3. The molecular weight excluding hydrogens is 338 g/mol. The van der Waals surface area contributed by atoms with Gasteiger partial charge in [0.1, 0.15) is 5.69 Å². The third-order valence-electron chi connectivity index (χ3n) is 2.99. The van der Waals surface area contributed by atoms with Crippen LogP contribution in [0.5, 0.6) is 0 Å². The van der Waals surface area contributed by atoms with Crippen LogP contribution in [0, 0.1) is 0 Å². The first kappa shape index (κ1) is 15.1. The first-order valence-corrected chi connectivity index (χ1v) is 8.12. The summed E-state index contributed by atoms with van der Waals surface area (Å²) in [5.41, 5.74) is 8.22. The zero-order chi connectivity index (χ0) is 14.7. The quantitative estimate of drug-likeness (QED) is 0.890. The number of hydrogen-bond acceptors (Lipinski definition) is 3. The number of nitrogens with two attached hydrogens (primary N) is 1. The van der Waals surface area contributed by atoms with E-state index in [1.807, 2.05) is 29.3 Å². The van der Waals surface area contributed by atoms with E-state index < -0.39 is 0 Å². The number of halogens is 1. The van der Waals surface area contributed by atoms with Crippen LogP contribution in [-0.4, -0.2) is 22.4 Å². The summed E-state index contributed by atoms with van der Waals surface area (Å²) in [4.78, 5) is 14.2. The molecular formula is C14H18BrN3OS. The summed E-state index contributed by atoms with van der Waals surface area (Å²) in [6.07, 6.45) is 2.79. The predicted octanol–water partition coefficient (Wildman–Crippen LogP) is 3.58. The third-order valence-corrected chi connectivity index (χ3v) is 4.54. The number of hydrogen-bond donors (Lipinski definition) is 1. The lowest BCUT2D eigenvalue weighted by molar-refractivity contribution is 0.0774. The molecule has 0 spiro atoms. The van der Waals surface area contributed by atoms with Gasteiger partial charge >= 0.3 is 0 Å². The van der Waals surface area contributed by atoms with Crippen molar-refractivity contribution in [1.82, 2.24) is 9.47 Å². The summed E-state index contributed by atoms with van der Waals surface area (Å²) in [6, 6.07) is 3.78. The van der Waals surface area contributed by atoms with Crippen LogP contribution in [0.2, 0.25) is 0 Å². The van der Waals surface area contributed by atoms with E-state index in [0.717, 1.165) is 22.3 Å². The van der Waals surface area contributed by atoms with Gasteiger partial charge in [0.2, 0.25) is 0 Å². The highest BCUT2D eigenvalue weighted by Gasteiger charge is 2.17. The molecule has 2 aromatic heterocycles. The molecule has 0 aliphatic carbocycles. The largest absolute Gasteiger partial charge is 0.397 e. The van der Waals surface area contributed by atoms with Crippen molar-refractivity contribution in [3.63, 3.8) is 0 Å². The van der Waals surface area contributed by atoms with Crippen molar-refractivity contribution in [2.45, 2.75) is 26.4 Å². The molecule has 0 radical (unpaired) electrons. The molecule has 0 aromatic carbocycles. The van der Waals surface area contributed by atoms with E-state index in [1.54, 1.807) is 22.3 Å². The number of carbonyl (C=O) groups is 1. The molecule has 0 unspecified atom stereocenters. The Balaban J connectivity index is 2.13. The Morgan fingerprint density at radius 2 is 2.25 bits per heavy atom. The molecule has 0 aliphatic rings. The van der Waals surface area contributed by atoms with Crippen molar-refractivity contribution in [2.75, 3.05) is 12.8 Å². The van der Waals surface area contributed by atoms with Crippen molar-refractivity contribution >= 4 is 38.9 Å². The molecule has 0 saturated heterocycles. The zero-order valence-electron chi connectivity index (χ0n) is 11.6. The first-order valence-electron chi connectivity index (χ1n) is 6.45. The molecule has 0 atom stereocenters. The Morgan fingerprint density at radius 1 is 1.50 bits per heavy atom. The molecule has 0 saturated carbocycles. The van der Waals surface area contributed by atoms with Gasteiger partial charge in [-0.15, -0.1) is 11.3 Å². The van der Waals surface area contributed by atoms with Crippen molar-refractivity contribution in [2.24, 2.45) is 0 Å². The molecule has 1 amide bonds. The lowest BCUT2D eigenvalue weighted by Gasteiger charge is -2.17. The summed E-state index contributed by atoms with van der Waals surface area (Å²) in [5.74, 6) is -0.00234. The number of thiophene rings is 1. The van der Waals surface area contributed by atoms with E-state index >= 15 is 0 Å². The molecule has 108 valence electrons. The number of aromatic nitrogens is 1. The highest BCUT2D eigenvalue weighted by atomic mass is 79.9. The van der Waals surface area contributed by atoms with Gasteiger partial charge in [0, 0.05) is 26.3 Å². The van der Waals surface area contributed by atoms with Crippen LogP contribution in [0.3, 0.4) is 0 Å². The van der Waals surface area contributed by atoms with E-state index in [2.05, 4.69) is 22.9 Å². The molecule has 0 fully saturated rings. The van der Waals surface area contributed by atoms with Gasteiger partial charge in [0.25, 0.3) is 5.91 Å². The number of carbonyl (C=O) groups excluding carboxylic acids is 1. The number of nitrogen functional groups attached to an aromatic ring is 1. The molecule has 6 heteroatoms. The van der Waals surface area contributed by atoms with Gasteiger partial charge in [-0.25, -0.2) is 0 Å². The smallest absolute Gasteiger partial charge is 0.270 e. The fourth-order valence-corrected chi connectivity index (χ4v) is 3.31. The van der Waals surface area contributed by atoms with Gasteiger partial charge in [-0.1, -0.05) is 6.92 Å². The van der Waals surface area contributed by atoms with Crippen LogP contribution < -0.4 is 5.73 Å². The lowest BCUT2D eigenvalue weighted by Crippen LogP contribution is -2.28. The van der Waals surface area contributed by atoms with Crippen LogP contribution in [0.25, 0.3) is 0 Å². The first-order chi connectivity index (χ1) is 9.51. The Hall–Kier alpha value is -1.27. The van der Waals surface area contributed by atoms with Crippen LogP contribution in [0.1, 0.15) is 29.4 Å². The van der Waals surface area contributed by atoms with E-state index in [9.17, 15) is 4.79 Å². The monoisotopic (exact) mass is 355 g/mol. The number of amides is 1. The highest BCUT2D eigenvalue weighted by molar-refractivity contribution is 9.11. The van der Waals surface area contributed by atoms with E-state index in [4.69, 9.17) is 5.73 Å². The van der Waals surface area contributed by atoms with Crippen LogP contribution in [-0.2, 0) is 13.1 Å². The maximum absolute atomic E-state index is 12.5. The number of aryl methyl sites for hydroxylation is 1. The Labute approximate surface area is 131 Å². The molecule has 0 bridgehead atoms. The molecule has 2 N–H and O–H groups in total. The summed E-state index contributed by atoms with van der Waals surface area (Å²) < 4.78 is 3.00. The predicted molar refractivity (Wildman–Crippen MR) is 87.0 cm³/mol. The van der Waals surface area contributed by atoms with Gasteiger partial charge < -0.3 is 15.2 Å². The van der Waals surface area contributed by atoms with Crippen molar-refractivity contribution in [3.05, 3.63) is 38.8 Å². The van der Waals surface area contributed by atoms with Crippen LogP contribution in [0.15, 0.2) is 27.5 Å². The van der Waals surface area contributed by atoms with E-state index in [-0.39, 0.29) is 5.91 Å². The third kappa shape index (κ3) is 3.43. The summed E-state index contributed by atoms with van der Waals surface area (Å²) in [7, 11) is 1.81. The van der Waals surface area contributed by atoms with Crippen molar-refractivity contribution in [1.29, 1.82) is 0 Å². The topological polar surface area (TPSA) is 51.3 Å². The second kappa shape index (κ2) is 6.45. The summed E-state index contributed by atoms with van der Waals surface area (Å²) in [5, 5.41) is 2.05. The van der Waals surface area contributed by atoms with Gasteiger partial charge in [-0.05, 0) is 45.4 Å². The number of rotatable bonds is 5. The Kier molecular flexibility index (Phi) is 4.88. The maximum atomic E-state index is 12.5. The molecule has 20 heavy (non-hydrogen) atoms. The van der Waals surface area contributed by atoms with Gasteiger partial charge in [-0.3, -0.25) is 4.79 Å². The van der Waals surface area contributed by atoms with E-state index in [1.165, 1.54) is 0 Å². The fraction of sp³-hybridized carbons (Fsp3) is 0.357. The summed E-state index contributed by atoms with van der Waals surface area (Å²) in [6.45, 7) is 3.48. The Morgan fingerprint density at radius 3 is 2.85 bits per heavy atom. The van der Waals surface area contributed by atoms with Gasteiger partial charge in [0.15, 0.2) is 0 Å². The lowest BCUT2D eigenvalue weighted by atomic mass is 10.3. The highest BCUT2D eigenvalue weighted by Crippen LogP contribution is 2.22. The normalized spacial score (nSPS) is 10.8. The Bertz CT molecular complexity index is 605. The molecule has 2 heterocycles. The molecule has 2 rings (SSSR count). The summed E-state index contributed by atoms with van der Waals surface area (Å²) >= 11 is 5.06. The fourth-order valence-electron chi connectivity index (χ4n) is 2.11. The number of anilines is 1. The second-order valence-electron chi connectivity index (χ2n) is 4.77. The molecule has 4 nitrogen and oxygen atoms in total. The zero-order valence-corrected chi connectivity index (χ0v) is 14.0. The van der Waals surface area contributed by atoms with Crippen molar-refractivity contribution in [3.8, 4) is 0 Å². The van der Waals surface area contributed by atoms with Gasteiger partial charge in [0.05, 0.1) is 9.47 Å². The average molecular weight is 356 g/mol. The van der Waals surface area contributed by atoms with Crippen LogP contribution in [0.4, 0.5) is 5.69 Å². The van der Waals surface area contributed by atoms with Crippen LogP contribution >= 0.6 is 27.3 Å². The SMILES string of the molecule is CCCn1cc(N)cc1C(=O)N(C)Cc1csc(Br)c1. The maximum Gasteiger partial charge on any atom is 0.270 e. The molecule has 2 aromatic rings.